The number of aliphatic carboxylic acids is 1. The Hall–Kier alpha value is -1.10. The molecular formula is C10H16N2O2S. The molecule has 5 heteroatoms. The number of carbonyl (C=O) groups is 1. The van der Waals surface area contributed by atoms with E-state index in [4.69, 9.17) is 5.11 Å². The maximum Gasteiger partial charge on any atom is 0.309 e. The summed E-state index contributed by atoms with van der Waals surface area (Å²) in [4.78, 5) is 16.8. The third-order valence-corrected chi connectivity index (χ3v) is 2.84. The molecule has 0 spiro atoms. The zero-order chi connectivity index (χ0) is 11.4. The summed E-state index contributed by atoms with van der Waals surface area (Å²) in [5.41, 5.74) is 0.637. The van der Waals surface area contributed by atoms with Crippen molar-refractivity contribution in [3.05, 3.63) is 11.1 Å². The molecule has 0 saturated carbocycles. The van der Waals surface area contributed by atoms with Gasteiger partial charge in [-0.3, -0.25) is 4.79 Å². The number of carboxylic acids is 1. The van der Waals surface area contributed by atoms with Gasteiger partial charge in [-0.05, 0) is 5.92 Å². The van der Waals surface area contributed by atoms with Crippen LogP contribution in [-0.4, -0.2) is 29.7 Å². The van der Waals surface area contributed by atoms with Gasteiger partial charge >= 0.3 is 5.97 Å². The van der Waals surface area contributed by atoms with Crippen molar-refractivity contribution in [2.24, 2.45) is 5.92 Å². The van der Waals surface area contributed by atoms with Gasteiger partial charge in [-0.25, -0.2) is 4.98 Å². The molecule has 1 heterocycles. The SMILES string of the molecule is CC(C)CN(C)c1nc(CC(=O)O)cs1. The minimum Gasteiger partial charge on any atom is -0.481 e. The first-order valence-electron chi connectivity index (χ1n) is 4.86. The molecule has 0 amide bonds. The zero-order valence-corrected chi connectivity index (χ0v) is 10.0. The van der Waals surface area contributed by atoms with E-state index in [-0.39, 0.29) is 6.42 Å². The molecule has 0 radical (unpaired) electrons. The Morgan fingerprint density at radius 2 is 2.33 bits per heavy atom. The number of aromatic nitrogens is 1. The highest BCUT2D eigenvalue weighted by Gasteiger charge is 2.10. The molecule has 0 aliphatic rings. The van der Waals surface area contributed by atoms with Crippen molar-refractivity contribution >= 4 is 22.4 Å². The van der Waals surface area contributed by atoms with Crippen molar-refractivity contribution in [2.75, 3.05) is 18.5 Å². The maximum atomic E-state index is 10.5. The summed E-state index contributed by atoms with van der Waals surface area (Å²) in [7, 11) is 1.98. The predicted molar refractivity (Wildman–Crippen MR) is 61.6 cm³/mol. The van der Waals surface area contributed by atoms with Crippen LogP contribution < -0.4 is 4.90 Å². The molecule has 15 heavy (non-hydrogen) atoms. The number of nitrogens with zero attached hydrogens (tertiary/aromatic N) is 2. The lowest BCUT2D eigenvalue weighted by Crippen LogP contribution is -2.22. The number of carboxylic acid groups (broad SMARTS) is 1. The van der Waals surface area contributed by atoms with Crippen molar-refractivity contribution in [1.29, 1.82) is 0 Å². The van der Waals surface area contributed by atoms with E-state index in [0.717, 1.165) is 11.7 Å². The van der Waals surface area contributed by atoms with Crippen molar-refractivity contribution < 1.29 is 9.90 Å². The average Bonchev–Trinajstić information content (AvgIpc) is 2.50. The van der Waals surface area contributed by atoms with Crippen LogP contribution in [0.2, 0.25) is 0 Å². The summed E-state index contributed by atoms with van der Waals surface area (Å²) in [5, 5.41) is 11.3. The van der Waals surface area contributed by atoms with E-state index >= 15 is 0 Å². The minimum absolute atomic E-state index is 0.00597. The molecule has 1 rings (SSSR count). The molecule has 0 aliphatic carbocycles. The highest BCUT2D eigenvalue weighted by molar-refractivity contribution is 7.13. The molecular weight excluding hydrogens is 212 g/mol. The normalized spacial score (nSPS) is 10.7. The third-order valence-electron chi connectivity index (χ3n) is 1.84. The van der Waals surface area contributed by atoms with Gasteiger partial charge < -0.3 is 10.0 Å². The first kappa shape index (κ1) is 12.0. The lowest BCUT2D eigenvalue weighted by atomic mass is 10.2. The third kappa shape index (κ3) is 3.87. The molecule has 0 atom stereocenters. The Labute approximate surface area is 93.6 Å². The Balaban J connectivity index is 2.62. The van der Waals surface area contributed by atoms with Crippen LogP contribution >= 0.6 is 11.3 Å². The predicted octanol–water partition coefficient (Wildman–Crippen LogP) is 1.86. The molecule has 1 aromatic heterocycles. The summed E-state index contributed by atoms with van der Waals surface area (Å²) in [5.74, 6) is -0.264. The largest absolute Gasteiger partial charge is 0.481 e. The quantitative estimate of drug-likeness (QED) is 0.835. The standard InChI is InChI=1S/C10H16N2O2S/c1-7(2)5-12(3)10-11-8(6-15-10)4-9(13)14/h6-7H,4-5H2,1-3H3,(H,13,14). The van der Waals surface area contributed by atoms with Gasteiger partial charge in [0.25, 0.3) is 0 Å². The van der Waals surface area contributed by atoms with Gasteiger partial charge in [0.15, 0.2) is 5.13 Å². The van der Waals surface area contributed by atoms with Gasteiger partial charge in [0, 0.05) is 19.0 Å². The van der Waals surface area contributed by atoms with Crippen molar-refractivity contribution in [3.8, 4) is 0 Å². The van der Waals surface area contributed by atoms with Crippen molar-refractivity contribution in [1.82, 2.24) is 4.98 Å². The summed E-state index contributed by atoms with van der Waals surface area (Å²) in [6.45, 7) is 5.21. The van der Waals surface area contributed by atoms with Crippen LogP contribution in [0.25, 0.3) is 0 Å². The summed E-state index contributed by atoms with van der Waals surface area (Å²) < 4.78 is 0. The molecule has 1 aromatic rings. The second kappa shape index (κ2) is 5.11. The van der Waals surface area contributed by atoms with Crippen LogP contribution in [0.5, 0.6) is 0 Å². The Bertz CT molecular complexity index is 336. The Morgan fingerprint density at radius 1 is 1.67 bits per heavy atom. The van der Waals surface area contributed by atoms with Crippen LogP contribution in [0.15, 0.2) is 5.38 Å². The molecule has 0 saturated heterocycles. The van der Waals surface area contributed by atoms with E-state index < -0.39 is 5.97 Å². The molecule has 1 N–H and O–H groups in total. The second-order valence-corrected chi connectivity index (χ2v) is 4.80. The summed E-state index contributed by atoms with van der Waals surface area (Å²) in [6.07, 6.45) is 0.00597. The molecule has 0 unspecified atom stereocenters. The van der Waals surface area contributed by atoms with Crippen LogP contribution in [0.3, 0.4) is 0 Å². The fourth-order valence-corrected chi connectivity index (χ4v) is 2.14. The van der Waals surface area contributed by atoms with Crippen molar-refractivity contribution in [2.45, 2.75) is 20.3 Å². The van der Waals surface area contributed by atoms with E-state index in [0.29, 0.717) is 11.6 Å². The lowest BCUT2D eigenvalue weighted by molar-refractivity contribution is -0.136. The number of hydrogen-bond donors (Lipinski definition) is 1. The summed E-state index contributed by atoms with van der Waals surface area (Å²) in [6, 6.07) is 0. The van der Waals surface area contributed by atoms with E-state index in [1.807, 2.05) is 7.05 Å². The molecule has 0 aliphatic heterocycles. The minimum atomic E-state index is -0.835. The second-order valence-electron chi connectivity index (χ2n) is 3.97. The van der Waals surface area contributed by atoms with Gasteiger partial charge in [0.1, 0.15) is 0 Å². The van der Waals surface area contributed by atoms with Crippen LogP contribution in [0.1, 0.15) is 19.5 Å². The van der Waals surface area contributed by atoms with E-state index in [9.17, 15) is 4.79 Å². The van der Waals surface area contributed by atoms with Crippen LogP contribution in [-0.2, 0) is 11.2 Å². The van der Waals surface area contributed by atoms with E-state index in [1.54, 1.807) is 5.38 Å². The number of anilines is 1. The highest BCUT2D eigenvalue weighted by Crippen LogP contribution is 2.20. The molecule has 4 nitrogen and oxygen atoms in total. The topological polar surface area (TPSA) is 53.4 Å². The number of thiazole rings is 1. The fourth-order valence-electron chi connectivity index (χ4n) is 1.33. The van der Waals surface area contributed by atoms with E-state index in [2.05, 4.69) is 23.7 Å². The monoisotopic (exact) mass is 228 g/mol. The Kier molecular flexibility index (Phi) is 4.08. The average molecular weight is 228 g/mol. The number of hydrogen-bond acceptors (Lipinski definition) is 4. The first-order chi connectivity index (χ1) is 6.99. The van der Waals surface area contributed by atoms with E-state index in [1.165, 1.54) is 11.3 Å². The van der Waals surface area contributed by atoms with Crippen LogP contribution in [0.4, 0.5) is 5.13 Å². The molecule has 0 aromatic carbocycles. The smallest absolute Gasteiger partial charge is 0.309 e. The van der Waals surface area contributed by atoms with Gasteiger partial charge in [-0.2, -0.15) is 0 Å². The summed E-state index contributed by atoms with van der Waals surface area (Å²) >= 11 is 1.49. The molecule has 84 valence electrons. The van der Waals surface area contributed by atoms with Gasteiger partial charge in [0.2, 0.25) is 0 Å². The highest BCUT2D eigenvalue weighted by atomic mass is 32.1. The molecule has 0 bridgehead atoms. The first-order valence-corrected chi connectivity index (χ1v) is 5.74. The lowest BCUT2D eigenvalue weighted by Gasteiger charge is -2.17. The zero-order valence-electron chi connectivity index (χ0n) is 9.23. The molecule has 0 fully saturated rings. The van der Waals surface area contributed by atoms with Gasteiger partial charge in [-0.1, -0.05) is 13.8 Å². The van der Waals surface area contributed by atoms with Gasteiger partial charge in [-0.15, -0.1) is 11.3 Å². The Morgan fingerprint density at radius 3 is 2.87 bits per heavy atom. The maximum absolute atomic E-state index is 10.5. The van der Waals surface area contributed by atoms with Crippen LogP contribution in [0, 0.1) is 5.92 Å². The van der Waals surface area contributed by atoms with Crippen molar-refractivity contribution in [3.63, 3.8) is 0 Å². The van der Waals surface area contributed by atoms with Gasteiger partial charge in [0.05, 0.1) is 12.1 Å². The fraction of sp³-hybridized carbons (Fsp3) is 0.600. The number of rotatable bonds is 5.